The van der Waals surface area contributed by atoms with Crippen LogP contribution in [-0.4, -0.2) is 90.4 Å². The van der Waals surface area contributed by atoms with Crippen molar-refractivity contribution >= 4 is 46.3 Å². The van der Waals surface area contributed by atoms with E-state index in [1.165, 1.54) is 18.2 Å². The molecule has 1 atom stereocenters. The number of urea groups is 1. The number of anilines is 1. The van der Waals surface area contributed by atoms with Gasteiger partial charge in [0, 0.05) is 55.9 Å². The molecule has 0 radical (unpaired) electrons. The number of para-hydroxylation sites is 1. The molecule has 0 unspecified atom stereocenters. The van der Waals surface area contributed by atoms with Crippen LogP contribution in [0.25, 0.3) is 10.9 Å². The normalized spacial score (nSPS) is 14.6. The third-order valence-corrected chi connectivity index (χ3v) is 7.94. The average Bonchev–Trinajstić information content (AvgIpc) is 3.50. The van der Waals surface area contributed by atoms with E-state index in [9.17, 15) is 24.0 Å². The van der Waals surface area contributed by atoms with E-state index >= 15 is 0 Å². The molecule has 0 saturated carbocycles. The van der Waals surface area contributed by atoms with Gasteiger partial charge in [0.05, 0.1) is 23.9 Å². The number of ether oxygens (including phenoxy) is 1. The molecule has 2 heterocycles. The van der Waals surface area contributed by atoms with Crippen molar-refractivity contribution in [1.29, 1.82) is 0 Å². The highest BCUT2D eigenvalue weighted by atomic mass is 16.5. The first kappa shape index (κ1) is 33.0. The molecular weight excluding hydrogens is 576 g/mol. The Bertz CT molecular complexity index is 1490. The molecule has 45 heavy (non-hydrogen) atoms. The van der Waals surface area contributed by atoms with E-state index in [4.69, 9.17) is 0 Å². The minimum atomic E-state index is -0.641. The summed E-state index contributed by atoms with van der Waals surface area (Å²) in [5, 5.41) is 8.90. The lowest BCUT2D eigenvalue weighted by Gasteiger charge is -2.39. The quantitative estimate of drug-likeness (QED) is 0.125. The van der Waals surface area contributed by atoms with Crippen molar-refractivity contribution in [2.24, 2.45) is 0 Å². The largest absolute Gasteiger partial charge is 0.453 e. The van der Waals surface area contributed by atoms with Gasteiger partial charge in [0.15, 0.2) is 0 Å². The number of Topliss-reactive ketones (excluding diaryl/α,β-unsaturated/α-hetero) is 1. The van der Waals surface area contributed by atoms with Crippen LogP contribution >= 0.6 is 0 Å². The summed E-state index contributed by atoms with van der Waals surface area (Å²) in [6.07, 6.45) is 6.91. The number of benzene rings is 2. The Kier molecular flexibility index (Phi) is 11.9. The summed E-state index contributed by atoms with van der Waals surface area (Å²) in [5.41, 5.74) is 1.87. The van der Waals surface area contributed by atoms with Crippen LogP contribution < -0.4 is 16.0 Å². The van der Waals surface area contributed by atoms with Gasteiger partial charge in [-0.15, -0.1) is 0 Å². The van der Waals surface area contributed by atoms with Gasteiger partial charge in [-0.1, -0.05) is 56.0 Å². The lowest BCUT2D eigenvalue weighted by Crippen LogP contribution is -2.56. The van der Waals surface area contributed by atoms with E-state index in [1.54, 1.807) is 35.2 Å². The number of aromatic amines is 1. The number of amides is 5. The van der Waals surface area contributed by atoms with Gasteiger partial charge in [-0.2, -0.15) is 0 Å². The standard InChI is InChI=1S/C33H42N6O6/c1-23-22-38(30(41)24-13-8-7-9-14-24)19-20-39(23)31(42)29(40)26-21-36-28-25(26)15-12-16-27(28)37-32(43)34-17-10-5-3-4-6-11-18-35-33(44)45-2/h7-9,12-16,21,23,36H,3-6,10-11,17-20,22H2,1-2H3,(H,35,44)(H2,34,37,43)/t23-/m1/s1. The average molecular weight is 619 g/mol. The zero-order chi connectivity index (χ0) is 32.2. The summed E-state index contributed by atoms with van der Waals surface area (Å²) in [6.45, 7) is 3.89. The van der Waals surface area contributed by atoms with Gasteiger partial charge >= 0.3 is 12.1 Å². The Morgan fingerprint density at radius 2 is 1.56 bits per heavy atom. The molecule has 0 bridgehead atoms. The molecule has 2 aromatic carbocycles. The summed E-state index contributed by atoms with van der Waals surface area (Å²) in [6, 6.07) is 13.5. The number of fused-ring (bicyclic) bond motifs is 1. The lowest BCUT2D eigenvalue weighted by molar-refractivity contribution is -0.130. The third-order valence-electron chi connectivity index (χ3n) is 7.94. The van der Waals surface area contributed by atoms with Crippen LogP contribution in [-0.2, 0) is 9.53 Å². The Morgan fingerprint density at radius 1 is 0.867 bits per heavy atom. The number of aromatic nitrogens is 1. The lowest BCUT2D eigenvalue weighted by atomic mass is 10.1. The smallest absolute Gasteiger partial charge is 0.406 e. The first-order valence-corrected chi connectivity index (χ1v) is 15.5. The summed E-state index contributed by atoms with van der Waals surface area (Å²) < 4.78 is 4.53. The molecule has 5 amide bonds. The monoisotopic (exact) mass is 618 g/mol. The van der Waals surface area contributed by atoms with E-state index in [2.05, 4.69) is 25.7 Å². The number of piperazine rings is 1. The van der Waals surface area contributed by atoms with Gasteiger partial charge < -0.3 is 35.5 Å². The van der Waals surface area contributed by atoms with Crippen molar-refractivity contribution < 1.29 is 28.7 Å². The number of rotatable bonds is 13. The van der Waals surface area contributed by atoms with E-state index in [0.29, 0.717) is 48.3 Å². The molecule has 12 nitrogen and oxygen atoms in total. The number of nitrogens with zero attached hydrogens (tertiary/aromatic N) is 2. The molecule has 240 valence electrons. The number of nitrogens with one attached hydrogen (secondary N) is 4. The van der Waals surface area contributed by atoms with Crippen molar-refractivity contribution in [2.45, 2.75) is 51.5 Å². The predicted octanol–water partition coefficient (Wildman–Crippen LogP) is 4.54. The van der Waals surface area contributed by atoms with Gasteiger partial charge in [-0.3, -0.25) is 14.4 Å². The van der Waals surface area contributed by atoms with Gasteiger partial charge in [0.2, 0.25) is 0 Å². The highest BCUT2D eigenvalue weighted by Crippen LogP contribution is 2.27. The summed E-state index contributed by atoms with van der Waals surface area (Å²) in [4.78, 5) is 69.4. The molecule has 3 aromatic rings. The maximum Gasteiger partial charge on any atom is 0.406 e. The number of alkyl carbamates (subject to hydrolysis) is 1. The number of carbonyl (C=O) groups is 5. The van der Waals surface area contributed by atoms with Crippen LogP contribution in [0.5, 0.6) is 0 Å². The molecular formula is C33H42N6O6. The van der Waals surface area contributed by atoms with E-state index in [1.807, 2.05) is 25.1 Å². The number of ketones is 1. The van der Waals surface area contributed by atoms with Crippen molar-refractivity contribution in [2.75, 3.05) is 45.2 Å². The van der Waals surface area contributed by atoms with Crippen LogP contribution in [0.3, 0.4) is 0 Å². The Hall–Kier alpha value is -4.87. The maximum absolute atomic E-state index is 13.4. The number of hydrogen-bond acceptors (Lipinski definition) is 6. The molecule has 12 heteroatoms. The minimum Gasteiger partial charge on any atom is -0.453 e. The van der Waals surface area contributed by atoms with Crippen LogP contribution in [0.15, 0.2) is 54.7 Å². The molecule has 1 fully saturated rings. The van der Waals surface area contributed by atoms with Crippen LogP contribution in [0.4, 0.5) is 15.3 Å². The molecule has 4 N–H and O–H groups in total. The first-order chi connectivity index (χ1) is 21.8. The topological polar surface area (TPSA) is 153 Å². The number of unbranched alkanes of at least 4 members (excludes halogenated alkanes) is 5. The second kappa shape index (κ2) is 16.3. The van der Waals surface area contributed by atoms with Gasteiger partial charge in [-0.25, -0.2) is 9.59 Å². The van der Waals surface area contributed by atoms with Crippen LogP contribution in [0.2, 0.25) is 0 Å². The summed E-state index contributed by atoms with van der Waals surface area (Å²) in [5.74, 6) is -1.36. The van der Waals surface area contributed by atoms with E-state index in [-0.39, 0.29) is 30.1 Å². The molecule has 0 aliphatic carbocycles. The number of hydrogen-bond donors (Lipinski definition) is 4. The Morgan fingerprint density at radius 3 is 2.24 bits per heavy atom. The predicted molar refractivity (Wildman–Crippen MR) is 171 cm³/mol. The van der Waals surface area contributed by atoms with E-state index < -0.39 is 17.8 Å². The second-order valence-electron chi connectivity index (χ2n) is 11.1. The fourth-order valence-corrected chi connectivity index (χ4v) is 5.49. The number of carbonyl (C=O) groups excluding carboxylic acids is 5. The van der Waals surface area contributed by atoms with Crippen molar-refractivity contribution in [1.82, 2.24) is 25.4 Å². The Balaban J connectivity index is 1.23. The molecule has 1 aromatic heterocycles. The molecule has 1 saturated heterocycles. The van der Waals surface area contributed by atoms with Crippen LogP contribution in [0, 0.1) is 0 Å². The fraction of sp³-hybridized carbons (Fsp3) is 0.424. The van der Waals surface area contributed by atoms with Gasteiger partial charge in [-0.05, 0) is 38.0 Å². The highest BCUT2D eigenvalue weighted by molar-refractivity contribution is 6.45. The zero-order valence-electron chi connectivity index (χ0n) is 25.9. The van der Waals surface area contributed by atoms with Gasteiger partial charge in [0.25, 0.3) is 17.6 Å². The minimum absolute atomic E-state index is 0.0972. The van der Waals surface area contributed by atoms with E-state index in [0.717, 1.165) is 38.5 Å². The fourth-order valence-electron chi connectivity index (χ4n) is 5.49. The summed E-state index contributed by atoms with van der Waals surface area (Å²) in [7, 11) is 1.34. The number of H-pyrrole nitrogens is 1. The van der Waals surface area contributed by atoms with Crippen molar-refractivity contribution in [3.8, 4) is 0 Å². The Labute approximate surface area is 262 Å². The first-order valence-electron chi connectivity index (χ1n) is 15.5. The van der Waals surface area contributed by atoms with Crippen molar-refractivity contribution in [3.05, 3.63) is 65.9 Å². The number of methoxy groups -OCH3 is 1. The van der Waals surface area contributed by atoms with Crippen molar-refractivity contribution in [3.63, 3.8) is 0 Å². The zero-order valence-corrected chi connectivity index (χ0v) is 25.9. The highest BCUT2D eigenvalue weighted by Gasteiger charge is 2.34. The summed E-state index contributed by atoms with van der Waals surface area (Å²) >= 11 is 0. The van der Waals surface area contributed by atoms with Crippen LogP contribution in [0.1, 0.15) is 66.2 Å². The second-order valence-corrected chi connectivity index (χ2v) is 11.1. The molecule has 1 aliphatic rings. The molecule has 4 rings (SSSR count). The maximum atomic E-state index is 13.4. The molecule has 0 spiro atoms. The molecule has 1 aliphatic heterocycles. The SMILES string of the molecule is COC(=O)NCCCCCCCCNC(=O)Nc1cccc2c(C(=O)C(=O)N3CCN(C(=O)c4ccccc4)C[C@H]3C)c[nH]c12. The van der Waals surface area contributed by atoms with Gasteiger partial charge in [0.1, 0.15) is 0 Å². The third kappa shape index (κ3) is 8.84.